The zero-order chi connectivity index (χ0) is 26.4. The molecule has 0 radical (unpaired) electrons. The van der Waals surface area contributed by atoms with Crippen molar-refractivity contribution in [2.75, 3.05) is 10.2 Å². The maximum Gasteiger partial charge on any atom is 0.335 e. The Hall–Kier alpha value is -5.19. The molecule has 186 valence electrons. The fraction of sp³-hybridized carbons (Fsp3) is 0.0769. The molecular formula is C26H20FN5O5. The molecule has 0 bridgehead atoms. The summed E-state index contributed by atoms with van der Waals surface area (Å²) in [6, 6.07) is 19.2. The molecule has 3 N–H and O–H groups in total. The quantitative estimate of drug-likeness (QED) is 0.260. The van der Waals surface area contributed by atoms with Gasteiger partial charge in [-0.15, -0.1) is 0 Å². The smallest absolute Gasteiger partial charge is 0.326 e. The molecule has 1 saturated heterocycles. The van der Waals surface area contributed by atoms with Gasteiger partial charge in [0, 0.05) is 17.5 Å². The van der Waals surface area contributed by atoms with Gasteiger partial charge in [-0.25, -0.2) is 19.5 Å². The Bertz CT molecular complexity index is 1390. The average Bonchev–Trinajstić information content (AvgIpc) is 2.88. The van der Waals surface area contributed by atoms with Crippen LogP contribution in [0.15, 0.2) is 84.0 Å². The number of rotatable bonds is 7. The number of anilines is 2. The summed E-state index contributed by atoms with van der Waals surface area (Å²) in [7, 11) is 0. The lowest BCUT2D eigenvalue weighted by Gasteiger charge is -2.28. The van der Waals surface area contributed by atoms with E-state index in [9.17, 15) is 28.4 Å². The molecule has 0 spiro atoms. The van der Waals surface area contributed by atoms with Crippen molar-refractivity contribution in [1.29, 1.82) is 0 Å². The van der Waals surface area contributed by atoms with Crippen LogP contribution in [0.3, 0.4) is 0 Å². The first-order valence-corrected chi connectivity index (χ1v) is 11.0. The van der Waals surface area contributed by atoms with Gasteiger partial charge >= 0.3 is 6.03 Å². The Kier molecular flexibility index (Phi) is 7.43. The summed E-state index contributed by atoms with van der Waals surface area (Å²) in [5.74, 6) is -5.25. The van der Waals surface area contributed by atoms with Crippen LogP contribution in [0.1, 0.15) is 15.9 Å². The van der Waals surface area contributed by atoms with Crippen molar-refractivity contribution in [1.82, 2.24) is 10.7 Å². The van der Waals surface area contributed by atoms with Gasteiger partial charge in [0.15, 0.2) is 5.92 Å². The maximum absolute atomic E-state index is 14.1. The summed E-state index contributed by atoms with van der Waals surface area (Å²) in [4.78, 5) is 62.1. The number of urea groups is 1. The first kappa shape index (κ1) is 24.9. The highest BCUT2D eigenvalue weighted by atomic mass is 19.1. The molecule has 0 unspecified atom stereocenters. The summed E-state index contributed by atoms with van der Waals surface area (Å²) < 4.78 is 14.1. The van der Waals surface area contributed by atoms with Gasteiger partial charge in [-0.05, 0) is 42.0 Å². The van der Waals surface area contributed by atoms with Crippen LogP contribution in [0.4, 0.5) is 20.6 Å². The third-order valence-corrected chi connectivity index (χ3v) is 5.32. The van der Waals surface area contributed by atoms with Gasteiger partial charge in [-0.1, -0.05) is 42.5 Å². The van der Waals surface area contributed by atoms with Crippen LogP contribution in [0.25, 0.3) is 0 Å². The van der Waals surface area contributed by atoms with E-state index < -0.39 is 35.5 Å². The molecule has 1 fully saturated rings. The van der Waals surface area contributed by atoms with Gasteiger partial charge in [-0.3, -0.25) is 24.5 Å². The van der Waals surface area contributed by atoms with E-state index in [0.29, 0.717) is 10.6 Å². The summed E-state index contributed by atoms with van der Waals surface area (Å²) in [6.07, 6.45) is 1.05. The van der Waals surface area contributed by atoms with Gasteiger partial charge < -0.3 is 5.32 Å². The predicted molar refractivity (Wildman–Crippen MR) is 132 cm³/mol. The normalized spacial score (nSPS) is 15.4. The molecule has 0 saturated carbocycles. The second-order valence-electron chi connectivity index (χ2n) is 7.90. The van der Waals surface area contributed by atoms with E-state index in [0.717, 1.165) is 17.8 Å². The molecule has 1 atom stereocenters. The molecule has 4 rings (SSSR count). The number of benzene rings is 3. The molecule has 3 aromatic rings. The van der Waals surface area contributed by atoms with Crippen LogP contribution in [0, 0.1) is 11.7 Å². The van der Waals surface area contributed by atoms with Crippen molar-refractivity contribution in [3.8, 4) is 0 Å². The van der Waals surface area contributed by atoms with Crippen LogP contribution < -0.4 is 21.0 Å². The number of hydrogen-bond acceptors (Lipinski definition) is 6. The van der Waals surface area contributed by atoms with Crippen molar-refractivity contribution < 1.29 is 28.4 Å². The Morgan fingerprint density at radius 1 is 0.946 bits per heavy atom. The van der Waals surface area contributed by atoms with E-state index in [4.69, 9.17) is 0 Å². The van der Waals surface area contributed by atoms with E-state index >= 15 is 0 Å². The number of amides is 6. The zero-order valence-corrected chi connectivity index (χ0v) is 19.2. The Balaban J connectivity index is 1.36. The Morgan fingerprint density at radius 3 is 2.32 bits per heavy atom. The molecule has 1 aliphatic heterocycles. The molecule has 3 aromatic carbocycles. The molecule has 6 amide bonds. The largest absolute Gasteiger partial charge is 0.335 e. The zero-order valence-electron chi connectivity index (χ0n) is 19.2. The molecule has 11 heteroatoms. The van der Waals surface area contributed by atoms with E-state index in [-0.39, 0.29) is 23.6 Å². The third-order valence-electron chi connectivity index (χ3n) is 5.32. The minimum absolute atomic E-state index is 0.195. The predicted octanol–water partition coefficient (Wildman–Crippen LogP) is 2.62. The number of hydrogen-bond donors (Lipinski definition) is 3. The van der Waals surface area contributed by atoms with Crippen LogP contribution in [0.5, 0.6) is 0 Å². The summed E-state index contributed by atoms with van der Waals surface area (Å²) in [5, 5.41) is 8.36. The van der Waals surface area contributed by atoms with Gasteiger partial charge in [-0.2, -0.15) is 5.10 Å². The minimum Gasteiger partial charge on any atom is -0.326 e. The second-order valence-corrected chi connectivity index (χ2v) is 7.90. The standard InChI is InChI=1S/C26H20FN5O5/c27-20-8-4-5-9-21(20)32-25(36)19(24(35)30-26(32)37)15-28-31-23(34)17-10-12-18(13-11-17)29-22(33)14-16-6-2-1-3-7-16/h1-13,15,19H,14H2,(H,29,33)(H,31,34)(H,30,35,37)/b28-15-/t19-/m0/s1. The Morgan fingerprint density at radius 2 is 1.62 bits per heavy atom. The van der Waals surface area contributed by atoms with E-state index in [2.05, 4.69) is 15.8 Å². The first-order chi connectivity index (χ1) is 17.8. The minimum atomic E-state index is -1.57. The summed E-state index contributed by atoms with van der Waals surface area (Å²) >= 11 is 0. The van der Waals surface area contributed by atoms with Gasteiger partial charge in [0.05, 0.1) is 12.1 Å². The molecule has 0 aliphatic carbocycles. The number of carbonyl (C=O) groups is 5. The fourth-order valence-corrected chi connectivity index (χ4v) is 3.51. The van der Waals surface area contributed by atoms with Gasteiger partial charge in [0.25, 0.3) is 11.8 Å². The topological polar surface area (TPSA) is 137 Å². The SMILES string of the molecule is O=C(Cc1ccccc1)Nc1ccc(C(=O)N/N=C\[C@H]2C(=O)NC(=O)N(c3ccccc3F)C2=O)cc1. The van der Waals surface area contributed by atoms with Crippen molar-refractivity contribution in [3.05, 3.63) is 95.8 Å². The van der Waals surface area contributed by atoms with Crippen molar-refractivity contribution >= 4 is 47.2 Å². The number of carbonyl (C=O) groups excluding carboxylic acids is 5. The highest BCUT2D eigenvalue weighted by molar-refractivity contribution is 6.32. The molecule has 10 nitrogen and oxygen atoms in total. The van der Waals surface area contributed by atoms with Crippen LogP contribution in [-0.2, 0) is 20.8 Å². The highest BCUT2D eigenvalue weighted by Gasteiger charge is 2.41. The maximum atomic E-state index is 14.1. The van der Waals surface area contributed by atoms with Gasteiger partial charge in [0.1, 0.15) is 5.82 Å². The third kappa shape index (κ3) is 5.90. The number of barbiturate groups is 1. The average molecular weight is 501 g/mol. The summed E-state index contributed by atoms with van der Waals surface area (Å²) in [6.45, 7) is 0. The van der Waals surface area contributed by atoms with Gasteiger partial charge in [0.2, 0.25) is 11.8 Å². The van der Waals surface area contributed by atoms with E-state index in [1.54, 1.807) is 0 Å². The number of halogens is 1. The monoisotopic (exact) mass is 501 g/mol. The van der Waals surface area contributed by atoms with Crippen LogP contribution in [-0.4, -0.2) is 35.9 Å². The van der Waals surface area contributed by atoms with Crippen molar-refractivity contribution in [2.24, 2.45) is 11.0 Å². The van der Waals surface area contributed by atoms with E-state index in [1.165, 1.54) is 42.5 Å². The lowest BCUT2D eigenvalue weighted by molar-refractivity contribution is -0.131. The molecular weight excluding hydrogens is 481 g/mol. The lowest BCUT2D eigenvalue weighted by Crippen LogP contribution is -2.59. The van der Waals surface area contributed by atoms with Crippen molar-refractivity contribution in [3.63, 3.8) is 0 Å². The number of hydrazone groups is 1. The highest BCUT2D eigenvalue weighted by Crippen LogP contribution is 2.23. The van der Waals surface area contributed by atoms with Crippen LogP contribution in [0.2, 0.25) is 0 Å². The van der Waals surface area contributed by atoms with Crippen molar-refractivity contribution in [2.45, 2.75) is 6.42 Å². The summed E-state index contributed by atoms with van der Waals surface area (Å²) in [5.41, 5.74) is 3.41. The van der Waals surface area contributed by atoms with E-state index in [1.807, 2.05) is 35.6 Å². The molecule has 37 heavy (non-hydrogen) atoms. The first-order valence-electron chi connectivity index (χ1n) is 11.0. The molecule has 1 aliphatic rings. The van der Waals surface area contributed by atoms with Crippen LogP contribution >= 0.6 is 0 Å². The lowest BCUT2D eigenvalue weighted by atomic mass is 10.1. The fourth-order valence-electron chi connectivity index (χ4n) is 3.51. The molecule has 0 aromatic heterocycles. The number of imide groups is 2. The number of para-hydroxylation sites is 1. The molecule has 1 heterocycles. The second kappa shape index (κ2) is 11.0. The Labute approximate surface area is 210 Å². The number of nitrogens with zero attached hydrogens (tertiary/aromatic N) is 2. The number of nitrogens with one attached hydrogen (secondary N) is 3.